The van der Waals surface area contributed by atoms with Crippen LogP contribution < -0.4 is 5.32 Å². The summed E-state index contributed by atoms with van der Waals surface area (Å²) in [5, 5.41) is 4.73. The lowest BCUT2D eigenvalue weighted by atomic mass is 10.0. The number of likely N-dealkylation sites (tertiary alicyclic amines) is 1. The molecule has 20 heavy (non-hydrogen) atoms. The summed E-state index contributed by atoms with van der Waals surface area (Å²) >= 11 is 11.9. The average molecular weight is 315 g/mol. The zero-order chi connectivity index (χ0) is 14.4. The number of rotatable bonds is 6. The predicted molar refractivity (Wildman–Crippen MR) is 87.7 cm³/mol. The van der Waals surface area contributed by atoms with Crippen LogP contribution in [0.4, 0.5) is 0 Å². The highest BCUT2D eigenvalue weighted by Crippen LogP contribution is 2.22. The third kappa shape index (κ3) is 4.92. The fourth-order valence-corrected chi connectivity index (χ4v) is 3.10. The van der Waals surface area contributed by atoms with E-state index in [9.17, 15) is 0 Å². The molecule has 1 aliphatic heterocycles. The van der Waals surface area contributed by atoms with Crippen LogP contribution in [0.15, 0.2) is 18.2 Å². The Morgan fingerprint density at radius 1 is 1.25 bits per heavy atom. The molecule has 2 nitrogen and oxygen atoms in total. The van der Waals surface area contributed by atoms with Gasteiger partial charge in [-0.3, -0.25) is 0 Å². The highest BCUT2D eigenvalue weighted by Gasteiger charge is 2.16. The molecular weight excluding hydrogens is 291 g/mol. The Hall–Kier alpha value is -0.280. The topological polar surface area (TPSA) is 15.3 Å². The monoisotopic (exact) mass is 314 g/mol. The quantitative estimate of drug-likeness (QED) is 0.785. The van der Waals surface area contributed by atoms with Gasteiger partial charge in [0, 0.05) is 12.6 Å². The smallest absolute Gasteiger partial charge is 0.0595 e. The maximum Gasteiger partial charge on any atom is 0.0595 e. The van der Waals surface area contributed by atoms with E-state index in [1.165, 1.54) is 44.3 Å². The van der Waals surface area contributed by atoms with E-state index in [0.717, 1.165) is 19.1 Å². The molecule has 0 bridgehead atoms. The minimum Gasteiger partial charge on any atom is -0.313 e. The van der Waals surface area contributed by atoms with Crippen LogP contribution >= 0.6 is 23.2 Å². The summed E-state index contributed by atoms with van der Waals surface area (Å²) in [6, 6.07) is 6.58. The Kier molecular flexibility index (Phi) is 6.63. The molecule has 2 rings (SSSR count). The zero-order valence-corrected chi connectivity index (χ0v) is 13.7. The molecule has 1 aromatic carbocycles. The Morgan fingerprint density at radius 3 is 2.85 bits per heavy atom. The normalized spacial score (nSPS) is 20.2. The molecule has 1 aromatic rings. The first-order valence-corrected chi connectivity index (χ1v) is 8.31. The molecule has 0 unspecified atom stereocenters. The van der Waals surface area contributed by atoms with Crippen molar-refractivity contribution < 1.29 is 0 Å². The van der Waals surface area contributed by atoms with E-state index >= 15 is 0 Å². The summed E-state index contributed by atoms with van der Waals surface area (Å²) in [4.78, 5) is 2.62. The molecule has 1 aliphatic rings. The average Bonchev–Trinajstić information content (AvgIpc) is 2.44. The molecule has 1 N–H and O–H groups in total. The molecule has 0 aliphatic carbocycles. The van der Waals surface area contributed by atoms with Gasteiger partial charge in [0.2, 0.25) is 0 Å². The second kappa shape index (κ2) is 8.23. The van der Waals surface area contributed by atoms with E-state index in [-0.39, 0.29) is 0 Å². The number of piperidine rings is 1. The predicted octanol–water partition coefficient (Wildman–Crippen LogP) is 4.35. The van der Waals surface area contributed by atoms with Crippen molar-refractivity contribution in [1.82, 2.24) is 10.2 Å². The van der Waals surface area contributed by atoms with Crippen molar-refractivity contribution in [2.75, 3.05) is 19.6 Å². The third-order valence-corrected chi connectivity index (χ3v) is 4.79. The number of hydrogen-bond acceptors (Lipinski definition) is 2. The van der Waals surface area contributed by atoms with Gasteiger partial charge in [0.15, 0.2) is 0 Å². The van der Waals surface area contributed by atoms with E-state index in [2.05, 4.69) is 17.1 Å². The van der Waals surface area contributed by atoms with Crippen LogP contribution in [0.3, 0.4) is 0 Å². The van der Waals surface area contributed by atoms with Crippen LogP contribution in [0.1, 0.15) is 38.2 Å². The van der Waals surface area contributed by atoms with Crippen LogP contribution in [0, 0.1) is 0 Å². The Morgan fingerprint density at radius 2 is 2.10 bits per heavy atom. The molecule has 0 aromatic heterocycles. The second-order valence-electron chi connectivity index (χ2n) is 5.66. The van der Waals surface area contributed by atoms with Gasteiger partial charge in [0.1, 0.15) is 0 Å². The van der Waals surface area contributed by atoms with Gasteiger partial charge >= 0.3 is 0 Å². The van der Waals surface area contributed by atoms with Crippen LogP contribution in [0.25, 0.3) is 0 Å². The molecular formula is C16H24Cl2N2. The summed E-state index contributed by atoms with van der Waals surface area (Å²) < 4.78 is 0. The molecule has 0 amide bonds. The number of nitrogens with one attached hydrogen (secondary N) is 1. The SMILES string of the molecule is C[C@@H]1CCCCN1CCCNCc1ccc(Cl)c(Cl)c1. The van der Waals surface area contributed by atoms with Crippen molar-refractivity contribution in [3.63, 3.8) is 0 Å². The Labute approximate surface area is 132 Å². The van der Waals surface area contributed by atoms with Crippen LogP contribution in [0.5, 0.6) is 0 Å². The van der Waals surface area contributed by atoms with E-state index in [4.69, 9.17) is 23.2 Å². The maximum atomic E-state index is 6.01. The van der Waals surface area contributed by atoms with Crippen LogP contribution in [-0.2, 0) is 6.54 Å². The minimum atomic E-state index is 0.620. The molecule has 0 spiro atoms. The molecule has 112 valence electrons. The maximum absolute atomic E-state index is 6.01. The van der Waals surface area contributed by atoms with Gasteiger partial charge in [-0.25, -0.2) is 0 Å². The summed E-state index contributed by atoms with van der Waals surface area (Å²) in [5.74, 6) is 0. The molecule has 0 saturated carbocycles. The lowest BCUT2D eigenvalue weighted by Gasteiger charge is -2.33. The molecule has 1 heterocycles. The summed E-state index contributed by atoms with van der Waals surface area (Å²) in [7, 11) is 0. The van der Waals surface area contributed by atoms with Gasteiger partial charge in [-0.2, -0.15) is 0 Å². The summed E-state index contributed by atoms with van der Waals surface area (Å²) in [6.45, 7) is 6.72. The highest BCUT2D eigenvalue weighted by molar-refractivity contribution is 6.42. The van der Waals surface area contributed by atoms with Gasteiger partial charge in [0.25, 0.3) is 0 Å². The van der Waals surface area contributed by atoms with Gasteiger partial charge in [-0.15, -0.1) is 0 Å². The number of halogens is 2. The summed E-state index contributed by atoms with van der Waals surface area (Å²) in [6.07, 6.45) is 5.32. The van der Waals surface area contributed by atoms with Crippen molar-refractivity contribution in [2.45, 2.75) is 45.2 Å². The number of nitrogens with zero attached hydrogens (tertiary/aromatic N) is 1. The standard InChI is InChI=1S/C16H24Cl2N2/c1-13-5-2-3-9-20(13)10-4-8-19-12-14-6-7-15(17)16(18)11-14/h6-7,11,13,19H,2-5,8-10,12H2,1H3/t13-/m1/s1. The molecule has 4 heteroatoms. The fourth-order valence-electron chi connectivity index (χ4n) is 2.78. The lowest BCUT2D eigenvalue weighted by Crippen LogP contribution is -2.38. The fraction of sp³-hybridized carbons (Fsp3) is 0.625. The van der Waals surface area contributed by atoms with Crippen molar-refractivity contribution in [2.24, 2.45) is 0 Å². The Bertz CT molecular complexity index is 423. The Balaban J connectivity index is 1.62. The van der Waals surface area contributed by atoms with Crippen molar-refractivity contribution in [3.05, 3.63) is 33.8 Å². The lowest BCUT2D eigenvalue weighted by molar-refractivity contribution is 0.159. The first-order valence-electron chi connectivity index (χ1n) is 7.55. The van der Waals surface area contributed by atoms with E-state index in [1.54, 1.807) is 0 Å². The van der Waals surface area contributed by atoms with E-state index in [0.29, 0.717) is 10.0 Å². The first-order chi connectivity index (χ1) is 9.66. The van der Waals surface area contributed by atoms with Gasteiger partial charge in [-0.1, -0.05) is 35.7 Å². The van der Waals surface area contributed by atoms with Crippen molar-refractivity contribution in [1.29, 1.82) is 0 Å². The van der Waals surface area contributed by atoms with Crippen LogP contribution in [-0.4, -0.2) is 30.6 Å². The van der Waals surface area contributed by atoms with Gasteiger partial charge in [-0.05, 0) is 63.5 Å². The van der Waals surface area contributed by atoms with Crippen molar-refractivity contribution >= 4 is 23.2 Å². The molecule has 1 fully saturated rings. The van der Waals surface area contributed by atoms with E-state index in [1.807, 2.05) is 18.2 Å². The van der Waals surface area contributed by atoms with E-state index < -0.39 is 0 Å². The van der Waals surface area contributed by atoms with Crippen LogP contribution in [0.2, 0.25) is 10.0 Å². The number of hydrogen-bond donors (Lipinski definition) is 1. The van der Waals surface area contributed by atoms with Gasteiger partial charge < -0.3 is 10.2 Å². The molecule has 1 saturated heterocycles. The second-order valence-corrected chi connectivity index (χ2v) is 6.47. The van der Waals surface area contributed by atoms with Crippen molar-refractivity contribution in [3.8, 4) is 0 Å². The number of benzene rings is 1. The molecule has 1 atom stereocenters. The highest BCUT2D eigenvalue weighted by atomic mass is 35.5. The third-order valence-electron chi connectivity index (χ3n) is 4.05. The zero-order valence-electron chi connectivity index (χ0n) is 12.2. The summed E-state index contributed by atoms with van der Waals surface area (Å²) in [5.41, 5.74) is 1.19. The molecule has 0 radical (unpaired) electrons. The van der Waals surface area contributed by atoms with Gasteiger partial charge in [0.05, 0.1) is 10.0 Å². The largest absolute Gasteiger partial charge is 0.313 e. The first kappa shape index (κ1) is 16.1. The minimum absolute atomic E-state index is 0.620.